The lowest BCUT2D eigenvalue weighted by molar-refractivity contribution is 0.198. The van der Waals surface area contributed by atoms with Gasteiger partial charge in [-0.15, -0.1) is 6.58 Å². The molecule has 1 aromatic heterocycles. The summed E-state index contributed by atoms with van der Waals surface area (Å²) in [5, 5.41) is 9.21. The van der Waals surface area contributed by atoms with E-state index in [0.29, 0.717) is 17.8 Å². The van der Waals surface area contributed by atoms with Crippen molar-refractivity contribution in [2.45, 2.75) is 39.5 Å². The van der Waals surface area contributed by atoms with Gasteiger partial charge in [0.1, 0.15) is 5.76 Å². The average Bonchev–Trinajstić information content (AvgIpc) is 2.75. The summed E-state index contributed by atoms with van der Waals surface area (Å²) >= 11 is 0. The highest BCUT2D eigenvalue weighted by atomic mass is 16.3. The van der Waals surface area contributed by atoms with Crippen molar-refractivity contribution >= 4 is 0 Å². The molecule has 0 aliphatic heterocycles. The first kappa shape index (κ1) is 14.0. The number of hydrogen-bond acceptors (Lipinski definition) is 2. The number of furan rings is 1. The van der Waals surface area contributed by atoms with E-state index in [4.69, 9.17) is 4.42 Å². The molecule has 0 fully saturated rings. The van der Waals surface area contributed by atoms with Crippen LogP contribution in [0.4, 0.5) is 0 Å². The van der Waals surface area contributed by atoms with Crippen LogP contribution in [0.3, 0.4) is 0 Å². The largest absolute Gasteiger partial charge is 0.469 e. The Morgan fingerprint density at radius 3 is 2.59 bits per heavy atom. The topological polar surface area (TPSA) is 33.4 Å². The normalized spacial score (nSPS) is 14.9. The Labute approximate surface area is 104 Å². The van der Waals surface area contributed by atoms with Crippen molar-refractivity contribution in [2.24, 2.45) is 11.8 Å². The van der Waals surface area contributed by atoms with E-state index < -0.39 is 0 Å². The van der Waals surface area contributed by atoms with Crippen molar-refractivity contribution < 1.29 is 9.52 Å². The van der Waals surface area contributed by atoms with E-state index in [1.54, 1.807) is 6.26 Å². The zero-order valence-electron chi connectivity index (χ0n) is 11.1. The number of aliphatic hydroxyl groups excluding tert-OH is 1. The lowest BCUT2D eigenvalue weighted by atomic mass is 9.77. The third kappa shape index (κ3) is 4.04. The molecule has 1 rings (SSSR count). The van der Waals surface area contributed by atoms with E-state index in [1.807, 2.05) is 19.1 Å². The minimum Gasteiger partial charge on any atom is -0.469 e. The van der Waals surface area contributed by atoms with Gasteiger partial charge >= 0.3 is 0 Å². The van der Waals surface area contributed by atoms with Crippen molar-refractivity contribution in [2.75, 3.05) is 6.61 Å². The van der Waals surface area contributed by atoms with Gasteiger partial charge in [-0.1, -0.05) is 19.4 Å². The summed E-state index contributed by atoms with van der Waals surface area (Å²) in [6, 6.07) is 3.96. The standard InChI is InChI=1S/C15H24O2/c1-11(2)10-14(15-6-5-9-17-15)13(7-8-16)12(3)4/h5-6,9,12-14,16H,1,7-8,10H2,2-4H3/t13-,14-/m0/s1. The van der Waals surface area contributed by atoms with Crippen LogP contribution in [0.15, 0.2) is 35.0 Å². The van der Waals surface area contributed by atoms with Crippen molar-refractivity contribution in [3.63, 3.8) is 0 Å². The molecule has 0 aliphatic carbocycles. The molecule has 0 amide bonds. The van der Waals surface area contributed by atoms with E-state index in [0.717, 1.165) is 24.2 Å². The van der Waals surface area contributed by atoms with Gasteiger partial charge in [-0.05, 0) is 43.7 Å². The minimum absolute atomic E-state index is 0.232. The second-order valence-corrected chi connectivity index (χ2v) is 5.20. The van der Waals surface area contributed by atoms with Gasteiger partial charge in [-0.2, -0.15) is 0 Å². The Balaban J connectivity index is 2.90. The fraction of sp³-hybridized carbons (Fsp3) is 0.600. The van der Waals surface area contributed by atoms with Crippen molar-refractivity contribution in [3.8, 4) is 0 Å². The van der Waals surface area contributed by atoms with Crippen LogP contribution in [-0.4, -0.2) is 11.7 Å². The Hall–Kier alpha value is -1.02. The van der Waals surface area contributed by atoms with Crippen LogP contribution in [0.5, 0.6) is 0 Å². The number of rotatable bonds is 7. The fourth-order valence-electron chi connectivity index (χ4n) is 2.49. The zero-order chi connectivity index (χ0) is 12.8. The predicted octanol–water partition coefficient (Wildman–Crippen LogP) is 3.98. The summed E-state index contributed by atoms with van der Waals surface area (Å²) in [7, 11) is 0. The van der Waals surface area contributed by atoms with Crippen LogP contribution in [-0.2, 0) is 0 Å². The molecule has 0 saturated carbocycles. The van der Waals surface area contributed by atoms with Crippen LogP contribution in [0.25, 0.3) is 0 Å². The van der Waals surface area contributed by atoms with Gasteiger partial charge in [-0.3, -0.25) is 0 Å². The molecule has 1 N–H and O–H groups in total. The molecule has 2 nitrogen and oxygen atoms in total. The maximum atomic E-state index is 9.21. The lowest BCUT2D eigenvalue weighted by Crippen LogP contribution is -2.20. The fourth-order valence-corrected chi connectivity index (χ4v) is 2.49. The molecule has 1 aromatic rings. The van der Waals surface area contributed by atoms with Crippen LogP contribution in [0.2, 0.25) is 0 Å². The molecule has 2 atom stereocenters. The van der Waals surface area contributed by atoms with E-state index in [2.05, 4.69) is 20.4 Å². The molecule has 17 heavy (non-hydrogen) atoms. The van der Waals surface area contributed by atoms with E-state index >= 15 is 0 Å². The second kappa shape index (κ2) is 6.65. The Bertz CT molecular complexity index is 325. The molecule has 1 heterocycles. The predicted molar refractivity (Wildman–Crippen MR) is 70.9 cm³/mol. The van der Waals surface area contributed by atoms with Gasteiger partial charge in [0.15, 0.2) is 0 Å². The van der Waals surface area contributed by atoms with Crippen LogP contribution in [0.1, 0.15) is 45.3 Å². The third-order valence-corrected chi connectivity index (χ3v) is 3.31. The van der Waals surface area contributed by atoms with Crippen molar-refractivity contribution in [3.05, 3.63) is 36.3 Å². The van der Waals surface area contributed by atoms with Gasteiger partial charge in [0.25, 0.3) is 0 Å². The number of hydrogen-bond donors (Lipinski definition) is 1. The molecule has 0 bridgehead atoms. The van der Waals surface area contributed by atoms with Gasteiger partial charge in [0, 0.05) is 12.5 Å². The first-order valence-electron chi connectivity index (χ1n) is 6.35. The molecular formula is C15H24O2. The van der Waals surface area contributed by atoms with E-state index in [-0.39, 0.29) is 6.61 Å². The van der Waals surface area contributed by atoms with E-state index in [1.165, 1.54) is 0 Å². The number of aliphatic hydroxyl groups is 1. The van der Waals surface area contributed by atoms with Crippen molar-refractivity contribution in [1.82, 2.24) is 0 Å². The summed E-state index contributed by atoms with van der Waals surface area (Å²) in [5.74, 6) is 2.30. The SMILES string of the molecule is C=C(C)C[C@H](c1ccco1)[C@@H](CCO)C(C)C. The Morgan fingerprint density at radius 2 is 2.18 bits per heavy atom. The summed E-state index contributed by atoms with van der Waals surface area (Å²) in [4.78, 5) is 0. The number of allylic oxidation sites excluding steroid dienone is 1. The smallest absolute Gasteiger partial charge is 0.107 e. The molecule has 0 unspecified atom stereocenters. The van der Waals surface area contributed by atoms with Crippen LogP contribution >= 0.6 is 0 Å². The minimum atomic E-state index is 0.232. The van der Waals surface area contributed by atoms with Crippen LogP contribution in [0, 0.1) is 11.8 Å². The highest BCUT2D eigenvalue weighted by molar-refractivity contribution is 5.11. The molecule has 0 aliphatic rings. The maximum absolute atomic E-state index is 9.21. The quantitative estimate of drug-likeness (QED) is 0.726. The Kier molecular flexibility index (Phi) is 5.49. The van der Waals surface area contributed by atoms with Gasteiger partial charge in [0.05, 0.1) is 6.26 Å². The summed E-state index contributed by atoms with van der Waals surface area (Å²) in [5.41, 5.74) is 1.16. The third-order valence-electron chi connectivity index (χ3n) is 3.31. The van der Waals surface area contributed by atoms with Gasteiger partial charge in [0.2, 0.25) is 0 Å². The molecular weight excluding hydrogens is 212 g/mol. The highest BCUT2D eigenvalue weighted by Crippen LogP contribution is 2.37. The molecule has 0 aromatic carbocycles. The lowest BCUT2D eigenvalue weighted by Gasteiger charge is -2.28. The molecule has 0 radical (unpaired) electrons. The summed E-state index contributed by atoms with van der Waals surface area (Å²) < 4.78 is 5.55. The first-order chi connectivity index (χ1) is 8.06. The molecule has 0 saturated heterocycles. The molecule has 96 valence electrons. The second-order valence-electron chi connectivity index (χ2n) is 5.20. The van der Waals surface area contributed by atoms with Crippen molar-refractivity contribution in [1.29, 1.82) is 0 Å². The Morgan fingerprint density at radius 1 is 1.47 bits per heavy atom. The zero-order valence-corrected chi connectivity index (χ0v) is 11.1. The maximum Gasteiger partial charge on any atom is 0.107 e. The van der Waals surface area contributed by atoms with Crippen LogP contribution < -0.4 is 0 Å². The highest BCUT2D eigenvalue weighted by Gasteiger charge is 2.27. The summed E-state index contributed by atoms with van der Waals surface area (Å²) in [6.07, 6.45) is 3.46. The molecule has 2 heteroatoms. The van der Waals surface area contributed by atoms with E-state index in [9.17, 15) is 5.11 Å². The van der Waals surface area contributed by atoms with Gasteiger partial charge < -0.3 is 9.52 Å². The first-order valence-corrected chi connectivity index (χ1v) is 6.35. The average molecular weight is 236 g/mol. The monoisotopic (exact) mass is 236 g/mol. The van der Waals surface area contributed by atoms with Gasteiger partial charge in [-0.25, -0.2) is 0 Å². The molecule has 0 spiro atoms. The summed E-state index contributed by atoms with van der Waals surface area (Å²) in [6.45, 7) is 10.7.